The van der Waals surface area contributed by atoms with E-state index in [0.717, 1.165) is 17.1 Å². The van der Waals surface area contributed by atoms with E-state index in [1.807, 2.05) is 0 Å². The van der Waals surface area contributed by atoms with Crippen LogP contribution >= 0.6 is 0 Å². The molecule has 274 valence electrons. The van der Waals surface area contributed by atoms with Crippen molar-refractivity contribution in [3.8, 4) is 22.3 Å². The number of nitrogens with zero attached hydrogens (tertiary/aromatic N) is 1. The zero-order chi connectivity index (χ0) is 38.8. The lowest BCUT2D eigenvalue weighted by atomic mass is 9.78. The second kappa shape index (κ2) is 13.5. The molecule has 0 bridgehead atoms. The van der Waals surface area contributed by atoms with Crippen LogP contribution in [0.3, 0.4) is 0 Å². The van der Waals surface area contributed by atoms with E-state index >= 15 is 0 Å². The van der Waals surface area contributed by atoms with Crippen molar-refractivity contribution in [3.05, 3.63) is 223 Å². The smallest absolute Gasteiger partial charge is 0.0462 e. The minimum absolute atomic E-state index is 0.0611. The van der Waals surface area contributed by atoms with Gasteiger partial charge in [0.2, 0.25) is 0 Å². The van der Waals surface area contributed by atoms with E-state index in [1.165, 1.54) is 87.6 Å². The van der Waals surface area contributed by atoms with Gasteiger partial charge in [-0.25, -0.2) is 0 Å². The van der Waals surface area contributed by atoms with E-state index in [-0.39, 0.29) is 5.41 Å². The number of benzene rings is 10. The van der Waals surface area contributed by atoms with E-state index in [2.05, 4.69) is 231 Å². The van der Waals surface area contributed by atoms with Crippen LogP contribution in [0, 0.1) is 0 Å². The first-order valence-electron chi connectivity index (χ1n) is 20.2. The van der Waals surface area contributed by atoms with Crippen molar-refractivity contribution in [2.75, 3.05) is 4.90 Å². The highest BCUT2D eigenvalue weighted by atomic mass is 15.1. The Balaban J connectivity index is 0.982. The molecule has 58 heavy (non-hydrogen) atoms. The van der Waals surface area contributed by atoms with Crippen LogP contribution in [0.15, 0.2) is 206 Å². The first-order valence-corrected chi connectivity index (χ1v) is 20.2. The molecule has 0 saturated heterocycles. The molecule has 1 aliphatic carbocycles. The predicted octanol–water partition coefficient (Wildman–Crippen LogP) is 15.9. The second-order valence-electron chi connectivity index (χ2n) is 16.2. The van der Waals surface area contributed by atoms with Crippen molar-refractivity contribution in [1.29, 1.82) is 0 Å². The van der Waals surface area contributed by atoms with Crippen molar-refractivity contribution in [2.24, 2.45) is 0 Å². The van der Waals surface area contributed by atoms with Gasteiger partial charge in [-0.2, -0.15) is 0 Å². The Kier molecular flexibility index (Phi) is 7.91. The Morgan fingerprint density at radius 3 is 1.34 bits per heavy atom. The fourth-order valence-corrected chi connectivity index (χ4v) is 9.42. The number of hydrogen-bond acceptors (Lipinski definition) is 1. The maximum atomic E-state index is 2.38. The van der Waals surface area contributed by atoms with E-state index in [0.29, 0.717) is 0 Å². The van der Waals surface area contributed by atoms with Gasteiger partial charge in [0, 0.05) is 22.5 Å². The second-order valence-corrected chi connectivity index (χ2v) is 16.2. The van der Waals surface area contributed by atoms with Gasteiger partial charge >= 0.3 is 0 Å². The van der Waals surface area contributed by atoms with Crippen LogP contribution in [0.5, 0.6) is 0 Å². The molecule has 1 heteroatoms. The summed E-state index contributed by atoms with van der Waals surface area (Å²) in [5.74, 6) is 0. The van der Waals surface area contributed by atoms with Crippen LogP contribution in [-0.4, -0.2) is 0 Å². The molecular formula is C57H41N. The molecule has 10 aromatic carbocycles. The Labute approximate surface area is 339 Å². The molecule has 0 fully saturated rings. The Hall–Kier alpha value is -7.22. The quantitative estimate of drug-likeness (QED) is 0.154. The predicted molar refractivity (Wildman–Crippen MR) is 249 cm³/mol. The first kappa shape index (κ1) is 34.1. The third kappa shape index (κ3) is 5.62. The molecule has 0 unspecified atom stereocenters. The van der Waals surface area contributed by atoms with Crippen LogP contribution in [0.25, 0.3) is 77.0 Å². The normalized spacial score (nSPS) is 13.2. The lowest BCUT2D eigenvalue weighted by Gasteiger charge is -2.28. The van der Waals surface area contributed by atoms with Gasteiger partial charge in [-0.05, 0) is 142 Å². The van der Waals surface area contributed by atoms with E-state index in [1.54, 1.807) is 0 Å². The van der Waals surface area contributed by atoms with Gasteiger partial charge in [-0.3, -0.25) is 0 Å². The number of hydrogen-bond donors (Lipinski definition) is 0. The monoisotopic (exact) mass is 739 g/mol. The lowest BCUT2D eigenvalue weighted by Crippen LogP contribution is -2.16. The third-order valence-corrected chi connectivity index (χ3v) is 12.5. The Morgan fingerprint density at radius 1 is 0.328 bits per heavy atom. The van der Waals surface area contributed by atoms with Crippen molar-refractivity contribution in [1.82, 2.24) is 0 Å². The van der Waals surface area contributed by atoms with Crippen LogP contribution in [0.2, 0.25) is 0 Å². The molecule has 0 spiro atoms. The average Bonchev–Trinajstić information content (AvgIpc) is 3.56. The molecular weight excluding hydrogens is 699 g/mol. The van der Waals surface area contributed by atoms with Gasteiger partial charge in [0.15, 0.2) is 0 Å². The van der Waals surface area contributed by atoms with E-state index < -0.39 is 0 Å². The molecule has 0 atom stereocenters. The highest BCUT2D eigenvalue weighted by Crippen LogP contribution is 2.47. The molecule has 0 aromatic heterocycles. The minimum atomic E-state index is -0.0611. The summed E-state index contributed by atoms with van der Waals surface area (Å²) in [5.41, 5.74) is 13.4. The zero-order valence-corrected chi connectivity index (χ0v) is 32.7. The SMILES string of the molecule is CC1(C)C(c2ccc(N(c3ccc(-c4ccc5ccccc5c4)cc3)c3ccc(-c4ccc5c6ccccc6c6ccccc6c5c4)cc3)cc2)=Cc2ccccc21. The standard InChI is InChI=1S/C57H41N/c1-57(2)55-18-10-5-13-45(55)37-56(57)41-25-32-48(33-26-41)58(46-28-21-39(22-29-46)43-20-19-38-11-3-4-12-42(38)35-43)47-30-23-40(24-31-47)44-27-34-53-51-16-7-6-14-49(51)50-15-8-9-17-52(50)54(53)36-44/h3-37H,1-2H3. The van der Waals surface area contributed by atoms with Crippen molar-refractivity contribution < 1.29 is 0 Å². The Bertz CT molecular complexity index is 3190. The molecule has 0 aliphatic heterocycles. The van der Waals surface area contributed by atoms with Gasteiger partial charge in [-0.15, -0.1) is 0 Å². The van der Waals surface area contributed by atoms with Crippen molar-refractivity contribution >= 4 is 71.8 Å². The summed E-state index contributed by atoms with van der Waals surface area (Å²) in [6, 6.07) is 75.8. The average molecular weight is 740 g/mol. The van der Waals surface area contributed by atoms with Gasteiger partial charge < -0.3 is 4.90 Å². The molecule has 0 N–H and O–H groups in total. The third-order valence-electron chi connectivity index (χ3n) is 12.5. The maximum Gasteiger partial charge on any atom is 0.0462 e. The lowest BCUT2D eigenvalue weighted by molar-refractivity contribution is 0.704. The molecule has 0 radical (unpaired) electrons. The van der Waals surface area contributed by atoms with Gasteiger partial charge in [-0.1, -0.05) is 172 Å². The van der Waals surface area contributed by atoms with Gasteiger partial charge in [0.05, 0.1) is 0 Å². The summed E-state index contributed by atoms with van der Waals surface area (Å²) in [5, 5.41) is 10.3. The minimum Gasteiger partial charge on any atom is -0.311 e. The molecule has 0 saturated carbocycles. The van der Waals surface area contributed by atoms with E-state index in [9.17, 15) is 0 Å². The van der Waals surface area contributed by atoms with Crippen LogP contribution < -0.4 is 4.90 Å². The van der Waals surface area contributed by atoms with Crippen molar-refractivity contribution in [2.45, 2.75) is 19.3 Å². The Morgan fingerprint density at radius 2 is 0.759 bits per heavy atom. The number of anilines is 3. The van der Waals surface area contributed by atoms with Crippen molar-refractivity contribution in [3.63, 3.8) is 0 Å². The summed E-state index contributed by atoms with van der Waals surface area (Å²) in [6.45, 7) is 4.67. The first-order chi connectivity index (χ1) is 28.5. The van der Waals surface area contributed by atoms with Crippen LogP contribution in [-0.2, 0) is 5.41 Å². The molecule has 0 heterocycles. The highest BCUT2D eigenvalue weighted by Gasteiger charge is 2.33. The maximum absolute atomic E-state index is 2.38. The molecule has 10 aromatic rings. The topological polar surface area (TPSA) is 3.24 Å². The largest absolute Gasteiger partial charge is 0.311 e. The van der Waals surface area contributed by atoms with Crippen LogP contribution in [0.1, 0.15) is 30.5 Å². The van der Waals surface area contributed by atoms with Crippen LogP contribution in [0.4, 0.5) is 17.1 Å². The summed E-state index contributed by atoms with van der Waals surface area (Å²) in [7, 11) is 0. The molecule has 11 rings (SSSR count). The molecule has 1 nitrogen and oxygen atoms in total. The summed E-state index contributed by atoms with van der Waals surface area (Å²) >= 11 is 0. The number of fused-ring (bicyclic) bond motifs is 8. The number of allylic oxidation sites excluding steroid dienone is 1. The van der Waals surface area contributed by atoms with Gasteiger partial charge in [0.1, 0.15) is 0 Å². The zero-order valence-electron chi connectivity index (χ0n) is 32.7. The van der Waals surface area contributed by atoms with Gasteiger partial charge in [0.25, 0.3) is 0 Å². The summed E-state index contributed by atoms with van der Waals surface area (Å²) in [4.78, 5) is 2.38. The molecule has 1 aliphatic rings. The fourth-order valence-electron chi connectivity index (χ4n) is 9.42. The molecule has 0 amide bonds. The summed E-state index contributed by atoms with van der Waals surface area (Å²) < 4.78 is 0. The number of rotatable bonds is 6. The fraction of sp³-hybridized carbons (Fsp3) is 0.0526. The highest BCUT2D eigenvalue weighted by molar-refractivity contribution is 6.25. The van der Waals surface area contributed by atoms with E-state index in [4.69, 9.17) is 0 Å². The summed E-state index contributed by atoms with van der Waals surface area (Å²) in [6.07, 6.45) is 2.37.